The molecule has 0 aromatic heterocycles. The number of carbonyl (C=O) groups excluding carboxylic acids is 2. The Morgan fingerprint density at radius 2 is 1.42 bits per heavy atom. The zero-order chi connectivity index (χ0) is 32.6. The quantitative estimate of drug-likeness (QED) is 0.168. The van der Waals surface area contributed by atoms with Gasteiger partial charge in [-0.25, -0.2) is 8.42 Å². The van der Waals surface area contributed by atoms with Gasteiger partial charge in [-0.1, -0.05) is 115 Å². The lowest BCUT2D eigenvalue weighted by Gasteiger charge is -2.34. The number of nitrogens with one attached hydrogen (secondary N) is 1. The highest BCUT2D eigenvalue weighted by Crippen LogP contribution is 2.31. The molecular weight excluding hydrogens is 629 g/mol. The summed E-state index contributed by atoms with van der Waals surface area (Å²) in [6.45, 7) is 5.88. The fourth-order valence-corrected chi connectivity index (χ4v) is 6.47. The van der Waals surface area contributed by atoms with Crippen LogP contribution in [0, 0.1) is 12.8 Å². The van der Waals surface area contributed by atoms with Crippen LogP contribution in [0.3, 0.4) is 0 Å². The van der Waals surface area contributed by atoms with E-state index in [9.17, 15) is 18.0 Å². The molecule has 0 aliphatic carbocycles. The van der Waals surface area contributed by atoms with Gasteiger partial charge in [0.1, 0.15) is 12.6 Å². The van der Waals surface area contributed by atoms with E-state index in [4.69, 9.17) is 23.2 Å². The summed E-state index contributed by atoms with van der Waals surface area (Å²) >= 11 is 12.5. The van der Waals surface area contributed by atoms with Gasteiger partial charge in [-0.05, 0) is 54.3 Å². The van der Waals surface area contributed by atoms with E-state index < -0.39 is 28.5 Å². The van der Waals surface area contributed by atoms with Gasteiger partial charge < -0.3 is 10.2 Å². The van der Waals surface area contributed by atoms with E-state index >= 15 is 0 Å². The molecule has 10 heteroatoms. The van der Waals surface area contributed by atoms with Gasteiger partial charge in [0.05, 0.1) is 20.6 Å². The smallest absolute Gasteiger partial charge is 0.264 e. The van der Waals surface area contributed by atoms with Crippen LogP contribution in [-0.2, 0) is 32.6 Å². The molecule has 0 unspecified atom stereocenters. The zero-order valence-corrected chi connectivity index (χ0v) is 27.8. The fourth-order valence-electron chi connectivity index (χ4n) is 4.76. The number of halogens is 2. The minimum atomic E-state index is -4.23. The van der Waals surface area contributed by atoms with Crippen LogP contribution in [0.4, 0.5) is 5.69 Å². The van der Waals surface area contributed by atoms with Crippen molar-refractivity contribution in [2.45, 2.75) is 44.7 Å². The monoisotopic (exact) mass is 665 g/mol. The Morgan fingerprint density at radius 1 is 0.800 bits per heavy atom. The van der Waals surface area contributed by atoms with E-state index in [1.165, 1.54) is 35.2 Å². The van der Waals surface area contributed by atoms with Gasteiger partial charge >= 0.3 is 0 Å². The standard InChI is InChI=1S/C35H37Cl2N3O4S/c1-25(2)22-38-35(42)33(20-27-10-6-4-7-11-27)39(23-28-16-14-26(3)15-17-28)34(41)24-40(29-18-19-31(36)32(37)21-29)45(43,44)30-12-8-5-9-13-30/h4-19,21,25,33H,20,22-24H2,1-3H3,(H,38,42)/t33-/m0/s1. The molecule has 1 atom stereocenters. The Kier molecular flexibility index (Phi) is 11.7. The molecule has 0 aliphatic heterocycles. The highest BCUT2D eigenvalue weighted by atomic mass is 35.5. The van der Waals surface area contributed by atoms with Crippen LogP contribution in [0.25, 0.3) is 0 Å². The van der Waals surface area contributed by atoms with E-state index in [-0.39, 0.29) is 45.4 Å². The zero-order valence-electron chi connectivity index (χ0n) is 25.5. The lowest BCUT2D eigenvalue weighted by atomic mass is 10.0. The number of carbonyl (C=O) groups is 2. The average Bonchev–Trinajstić information content (AvgIpc) is 3.03. The molecule has 0 heterocycles. The number of sulfonamides is 1. The maximum atomic E-state index is 14.5. The molecule has 0 bridgehead atoms. The number of benzene rings is 4. The van der Waals surface area contributed by atoms with Crippen LogP contribution in [0.1, 0.15) is 30.5 Å². The average molecular weight is 667 g/mol. The number of amides is 2. The predicted octanol–water partition coefficient (Wildman–Crippen LogP) is 6.91. The maximum Gasteiger partial charge on any atom is 0.264 e. The SMILES string of the molecule is Cc1ccc(CN(C(=O)CN(c2ccc(Cl)c(Cl)c2)S(=O)(=O)c2ccccc2)[C@@H](Cc2ccccc2)C(=O)NCC(C)C)cc1. The molecule has 45 heavy (non-hydrogen) atoms. The van der Waals surface area contributed by atoms with Crippen molar-refractivity contribution in [3.05, 3.63) is 130 Å². The minimum absolute atomic E-state index is 0.00414. The van der Waals surface area contributed by atoms with Gasteiger partial charge in [0.2, 0.25) is 11.8 Å². The van der Waals surface area contributed by atoms with Crippen LogP contribution in [0.15, 0.2) is 108 Å². The molecule has 4 aromatic carbocycles. The van der Waals surface area contributed by atoms with Gasteiger partial charge in [-0.15, -0.1) is 0 Å². The largest absolute Gasteiger partial charge is 0.354 e. The van der Waals surface area contributed by atoms with Gasteiger partial charge in [0.25, 0.3) is 10.0 Å². The van der Waals surface area contributed by atoms with Crippen molar-refractivity contribution in [1.29, 1.82) is 0 Å². The molecule has 0 saturated heterocycles. The van der Waals surface area contributed by atoms with E-state index in [1.54, 1.807) is 18.2 Å². The van der Waals surface area contributed by atoms with Gasteiger partial charge in [-0.3, -0.25) is 13.9 Å². The number of hydrogen-bond donors (Lipinski definition) is 1. The van der Waals surface area contributed by atoms with Gasteiger partial charge in [0, 0.05) is 19.5 Å². The summed E-state index contributed by atoms with van der Waals surface area (Å²) < 4.78 is 29.1. The third-order valence-electron chi connectivity index (χ3n) is 7.23. The van der Waals surface area contributed by atoms with Crippen molar-refractivity contribution in [2.24, 2.45) is 5.92 Å². The van der Waals surface area contributed by atoms with Crippen LogP contribution < -0.4 is 9.62 Å². The van der Waals surface area contributed by atoms with Gasteiger partial charge in [0.15, 0.2) is 0 Å². The first-order valence-corrected chi connectivity index (χ1v) is 16.8. The topological polar surface area (TPSA) is 86.8 Å². The fraction of sp³-hybridized carbons (Fsp3) is 0.257. The summed E-state index contributed by atoms with van der Waals surface area (Å²) in [7, 11) is -4.23. The van der Waals surface area contributed by atoms with Crippen LogP contribution >= 0.6 is 23.2 Å². The molecule has 0 saturated carbocycles. The van der Waals surface area contributed by atoms with Crippen molar-refractivity contribution < 1.29 is 18.0 Å². The Balaban J connectivity index is 1.80. The first kappa shape index (κ1) is 34.0. The van der Waals surface area contributed by atoms with E-state index in [1.807, 2.05) is 75.4 Å². The Labute approximate surface area is 275 Å². The predicted molar refractivity (Wildman–Crippen MR) is 181 cm³/mol. The number of hydrogen-bond acceptors (Lipinski definition) is 4. The van der Waals surface area contributed by atoms with E-state index in [2.05, 4.69) is 5.32 Å². The molecule has 0 aliphatic rings. The number of aryl methyl sites for hydroxylation is 1. The van der Waals surface area contributed by atoms with Crippen LogP contribution in [0.5, 0.6) is 0 Å². The first-order valence-electron chi connectivity index (χ1n) is 14.6. The summed E-state index contributed by atoms with van der Waals surface area (Å²) in [5.74, 6) is -0.685. The van der Waals surface area contributed by atoms with Gasteiger partial charge in [-0.2, -0.15) is 0 Å². The number of anilines is 1. The lowest BCUT2D eigenvalue weighted by Crippen LogP contribution is -2.53. The molecule has 4 aromatic rings. The molecule has 2 amide bonds. The molecule has 0 fully saturated rings. The van der Waals surface area contributed by atoms with Crippen molar-refractivity contribution in [2.75, 3.05) is 17.4 Å². The van der Waals surface area contributed by atoms with Crippen molar-refractivity contribution in [3.63, 3.8) is 0 Å². The molecule has 0 radical (unpaired) electrons. The lowest BCUT2D eigenvalue weighted by molar-refractivity contribution is -0.140. The first-order chi connectivity index (χ1) is 21.5. The van der Waals surface area contributed by atoms with E-state index in [0.29, 0.717) is 6.54 Å². The molecule has 0 spiro atoms. The van der Waals surface area contributed by atoms with Crippen LogP contribution in [0.2, 0.25) is 10.0 Å². The van der Waals surface area contributed by atoms with Crippen molar-refractivity contribution in [1.82, 2.24) is 10.2 Å². The number of rotatable bonds is 13. The van der Waals surface area contributed by atoms with Crippen LogP contribution in [-0.4, -0.2) is 44.3 Å². The second-order valence-corrected chi connectivity index (χ2v) is 14.0. The van der Waals surface area contributed by atoms with Crippen molar-refractivity contribution in [3.8, 4) is 0 Å². The summed E-state index contributed by atoms with van der Waals surface area (Å²) in [5, 5.41) is 3.38. The molecule has 1 N–H and O–H groups in total. The second-order valence-electron chi connectivity index (χ2n) is 11.3. The number of nitrogens with zero attached hydrogens (tertiary/aromatic N) is 2. The summed E-state index contributed by atoms with van der Waals surface area (Å²) in [6, 6.07) is 28.5. The Morgan fingerprint density at radius 3 is 2.02 bits per heavy atom. The highest BCUT2D eigenvalue weighted by molar-refractivity contribution is 7.92. The summed E-state index contributed by atoms with van der Waals surface area (Å²) in [6.07, 6.45) is 0.237. The second kappa shape index (κ2) is 15.4. The Hall–Kier alpha value is -3.85. The third-order valence-corrected chi connectivity index (χ3v) is 9.76. The highest BCUT2D eigenvalue weighted by Gasteiger charge is 2.34. The normalized spacial score (nSPS) is 12.0. The molecule has 7 nitrogen and oxygen atoms in total. The molecule has 4 rings (SSSR count). The third kappa shape index (κ3) is 9.10. The molecular formula is C35H37Cl2N3O4S. The summed E-state index contributed by atoms with van der Waals surface area (Å²) in [4.78, 5) is 29.8. The minimum Gasteiger partial charge on any atom is -0.354 e. The van der Waals surface area contributed by atoms with Crippen molar-refractivity contribution >= 4 is 50.7 Å². The maximum absolute atomic E-state index is 14.5. The molecule has 236 valence electrons. The summed E-state index contributed by atoms with van der Waals surface area (Å²) in [5.41, 5.74) is 2.88. The van der Waals surface area contributed by atoms with E-state index in [0.717, 1.165) is 21.0 Å². The Bertz CT molecular complexity index is 1700.